The maximum absolute atomic E-state index is 10.3. The summed E-state index contributed by atoms with van der Waals surface area (Å²) in [5, 5.41) is 20.6. The van der Waals surface area contributed by atoms with Gasteiger partial charge in [0.05, 0.1) is 16.5 Å². The lowest BCUT2D eigenvalue weighted by atomic mass is 10.2. The molecule has 0 aliphatic rings. The Labute approximate surface area is 73.5 Å². The standard InChI is InChI=1S/C7H5NO4.H3N/c9-7(10)5-3-1-2-4-6(5)8(11)12;/h1-4H,(H,9,10);1H3. The van der Waals surface area contributed by atoms with Crippen molar-refractivity contribution in [1.29, 1.82) is 0 Å². The smallest absolute Gasteiger partial charge is 0.278 e. The summed E-state index contributed by atoms with van der Waals surface area (Å²) in [6, 6.07) is 5.04. The Morgan fingerprint density at radius 1 is 1.31 bits per heavy atom. The fraction of sp³-hybridized carbons (Fsp3) is 0. The molecule has 0 atom stereocenters. The van der Waals surface area contributed by atoms with E-state index in [0.717, 1.165) is 12.1 Å². The fourth-order valence-corrected chi connectivity index (χ4v) is 0.805. The van der Waals surface area contributed by atoms with E-state index in [2.05, 4.69) is 0 Å². The molecule has 13 heavy (non-hydrogen) atoms. The zero-order valence-electron chi connectivity index (χ0n) is 6.89. The second-order valence-corrected chi connectivity index (χ2v) is 2.06. The van der Waals surface area contributed by atoms with E-state index < -0.39 is 22.1 Å². The minimum Gasteiger partial charge on any atom is -0.545 e. The number of hydrogen-bond donors (Lipinski definition) is 1. The predicted molar refractivity (Wildman–Crippen MR) is 43.4 cm³/mol. The molecule has 1 aromatic carbocycles. The molecule has 0 aliphatic carbocycles. The molecule has 0 bridgehead atoms. The van der Waals surface area contributed by atoms with Crippen LogP contribution in [0.25, 0.3) is 0 Å². The first-order valence-corrected chi connectivity index (χ1v) is 3.07. The number of rotatable bonds is 2. The second-order valence-electron chi connectivity index (χ2n) is 2.06. The van der Waals surface area contributed by atoms with Crippen LogP contribution in [-0.4, -0.2) is 10.9 Å². The monoisotopic (exact) mass is 184 g/mol. The summed E-state index contributed by atoms with van der Waals surface area (Å²) in [4.78, 5) is 19.8. The molecule has 0 saturated carbocycles. The second kappa shape index (κ2) is 4.17. The van der Waals surface area contributed by atoms with Crippen LogP contribution in [0.3, 0.4) is 0 Å². The first-order valence-electron chi connectivity index (χ1n) is 3.07. The number of para-hydroxylation sites is 1. The van der Waals surface area contributed by atoms with Gasteiger partial charge in [-0.25, -0.2) is 0 Å². The van der Waals surface area contributed by atoms with Crippen LogP contribution < -0.4 is 11.3 Å². The maximum atomic E-state index is 10.3. The highest BCUT2D eigenvalue weighted by atomic mass is 16.6. The van der Waals surface area contributed by atoms with E-state index in [0.29, 0.717) is 0 Å². The molecule has 70 valence electrons. The van der Waals surface area contributed by atoms with Crippen LogP contribution in [0, 0.1) is 10.1 Å². The SMILES string of the molecule is O=C([O-])c1ccccc1[N+](=O)[O-].[NH4+]. The summed E-state index contributed by atoms with van der Waals surface area (Å²) >= 11 is 0. The lowest BCUT2D eigenvalue weighted by Crippen LogP contribution is -2.23. The van der Waals surface area contributed by atoms with Crippen LogP contribution in [0.4, 0.5) is 5.69 Å². The number of hydrogen-bond acceptors (Lipinski definition) is 4. The Bertz CT molecular complexity index is 304. The molecular weight excluding hydrogens is 176 g/mol. The van der Waals surface area contributed by atoms with Crippen LogP contribution >= 0.6 is 0 Å². The highest BCUT2D eigenvalue weighted by Crippen LogP contribution is 2.15. The number of aromatic carboxylic acids is 1. The molecule has 6 nitrogen and oxygen atoms in total. The van der Waals surface area contributed by atoms with Crippen LogP contribution in [0.2, 0.25) is 0 Å². The van der Waals surface area contributed by atoms with Gasteiger partial charge in [-0.3, -0.25) is 10.1 Å². The van der Waals surface area contributed by atoms with Gasteiger partial charge in [-0.2, -0.15) is 0 Å². The van der Waals surface area contributed by atoms with Crippen LogP contribution in [0.5, 0.6) is 0 Å². The van der Waals surface area contributed by atoms with Crippen molar-refractivity contribution in [3.8, 4) is 0 Å². The van der Waals surface area contributed by atoms with Gasteiger partial charge in [0, 0.05) is 6.07 Å². The molecule has 0 spiro atoms. The molecular formula is C7H8N2O4. The van der Waals surface area contributed by atoms with E-state index >= 15 is 0 Å². The fourth-order valence-electron chi connectivity index (χ4n) is 0.805. The first kappa shape index (κ1) is 11.1. The minimum absolute atomic E-state index is 0. The molecule has 0 amide bonds. The number of carbonyl (C=O) groups is 1. The van der Waals surface area contributed by atoms with Crippen molar-refractivity contribution >= 4 is 11.7 Å². The van der Waals surface area contributed by atoms with E-state index in [1.165, 1.54) is 12.1 Å². The van der Waals surface area contributed by atoms with Crippen molar-refractivity contribution in [3.63, 3.8) is 0 Å². The molecule has 1 aromatic rings. The van der Waals surface area contributed by atoms with E-state index in [1.807, 2.05) is 0 Å². The number of nitro groups is 1. The largest absolute Gasteiger partial charge is 0.545 e. The van der Waals surface area contributed by atoms with Gasteiger partial charge in [-0.1, -0.05) is 12.1 Å². The van der Waals surface area contributed by atoms with E-state index in [-0.39, 0.29) is 6.15 Å². The molecule has 6 heteroatoms. The summed E-state index contributed by atoms with van der Waals surface area (Å²) in [6.45, 7) is 0. The van der Waals surface area contributed by atoms with Crippen molar-refractivity contribution in [2.45, 2.75) is 0 Å². The Hall–Kier alpha value is -1.95. The molecule has 1 rings (SSSR count). The van der Waals surface area contributed by atoms with E-state index in [9.17, 15) is 20.0 Å². The number of benzene rings is 1. The Balaban J connectivity index is 0.00000144. The molecule has 0 fully saturated rings. The van der Waals surface area contributed by atoms with Crippen LogP contribution in [0.15, 0.2) is 24.3 Å². The predicted octanol–water partition coefficient (Wildman–Crippen LogP) is 0.334. The Morgan fingerprint density at radius 3 is 2.23 bits per heavy atom. The van der Waals surface area contributed by atoms with Crippen molar-refractivity contribution in [2.75, 3.05) is 0 Å². The average molecular weight is 184 g/mol. The van der Waals surface area contributed by atoms with Gasteiger partial charge >= 0.3 is 0 Å². The number of carboxylic acids is 1. The Kier molecular flexibility index (Phi) is 3.54. The zero-order chi connectivity index (χ0) is 9.14. The third kappa shape index (κ3) is 2.24. The lowest BCUT2D eigenvalue weighted by molar-refractivity contribution is -0.385. The zero-order valence-corrected chi connectivity index (χ0v) is 6.89. The van der Waals surface area contributed by atoms with Gasteiger partial charge in [-0.05, 0) is 6.07 Å². The maximum Gasteiger partial charge on any atom is 0.278 e. The molecule has 0 radical (unpaired) electrons. The van der Waals surface area contributed by atoms with Gasteiger partial charge in [0.25, 0.3) is 5.69 Å². The summed E-state index contributed by atoms with van der Waals surface area (Å²) in [5.74, 6) is -1.54. The van der Waals surface area contributed by atoms with Crippen molar-refractivity contribution < 1.29 is 14.8 Å². The molecule has 4 N–H and O–H groups in total. The van der Waals surface area contributed by atoms with Gasteiger partial charge < -0.3 is 16.1 Å². The number of nitrogens with zero attached hydrogens (tertiary/aromatic N) is 1. The number of quaternary nitrogens is 1. The van der Waals surface area contributed by atoms with Crippen LogP contribution in [0.1, 0.15) is 10.4 Å². The third-order valence-electron chi connectivity index (χ3n) is 1.32. The van der Waals surface area contributed by atoms with Gasteiger partial charge in [-0.15, -0.1) is 0 Å². The van der Waals surface area contributed by atoms with Gasteiger partial charge in [0.2, 0.25) is 0 Å². The first-order chi connectivity index (χ1) is 5.63. The van der Waals surface area contributed by atoms with E-state index in [1.54, 1.807) is 0 Å². The minimum atomic E-state index is -1.54. The summed E-state index contributed by atoms with van der Waals surface area (Å²) in [7, 11) is 0. The molecule has 0 heterocycles. The lowest BCUT2D eigenvalue weighted by Gasteiger charge is -2.01. The van der Waals surface area contributed by atoms with Crippen LogP contribution in [-0.2, 0) is 0 Å². The molecule has 0 saturated heterocycles. The quantitative estimate of drug-likeness (QED) is 0.525. The van der Waals surface area contributed by atoms with Crippen molar-refractivity contribution in [1.82, 2.24) is 6.15 Å². The average Bonchev–Trinajstić information content (AvgIpc) is 2.04. The van der Waals surface area contributed by atoms with Gasteiger partial charge in [0.15, 0.2) is 0 Å². The number of nitro benzene ring substituents is 1. The highest BCUT2D eigenvalue weighted by Gasteiger charge is 2.11. The molecule has 0 unspecified atom stereocenters. The molecule has 0 aromatic heterocycles. The van der Waals surface area contributed by atoms with Crippen molar-refractivity contribution in [3.05, 3.63) is 39.9 Å². The van der Waals surface area contributed by atoms with E-state index in [4.69, 9.17) is 0 Å². The normalized spacial score (nSPS) is 8.62. The number of carboxylic acid groups (broad SMARTS) is 1. The molecule has 0 aliphatic heterocycles. The topological polar surface area (TPSA) is 120 Å². The summed E-state index contributed by atoms with van der Waals surface area (Å²) in [5.41, 5.74) is -0.847. The third-order valence-corrected chi connectivity index (χ3v) is 1.32. The van der Waals surface area contributed by atoms with Crippen molar-refractivity contribution in [2.24, 2.45) is 0 Å². The van der Waals surface area contributed by atoms with Gasteiger partial charge in [0.1, 0.15) is 0 Å². The number of carbonyl (C=O) groups excluding carboxylic acids is 1. The Morgan fingerprint density at radius 2 is 1.85 bits per heavy atom. The summed E-state index contributed by atoms with van der Waals surface area (Å²) < 4.78 is 0. The summed E-state index contributed by atoms with van der Waals surface area (Å²) in [6.07, 6.45) is 0. The highest BCUT2D eigenvalue weighted by molar-refractivity contribution is 5.90.